The van der Waals surface area contributed by atoms with Gasteiger partial charge in [-0.05, 0) is 18.9 Å². The van der Waals surface area contributed by atoms with Gasteiger partial charge in [0.25, 0.3) is 5.91 Å². The molecule has 4 heterocycles. The Bertz CT molecular complexity index is 939. The highest BCUT2D eigenvalue weighted by Crippen LogP contribution is 2.28. The van der Waals surface area contributed by atoms with Crippen molar-refractivity contribution in [1.29, 1.82) is 0 Å². The summed E-state index contributed by atoms with van der Waals surface area (Å²) in [5, 5.41) is 3.87. The third kappa shape index (κ3) is 3.19. The van der Waals surface area contributed by atoms with Gasteiger partial charge in [0.1, 0.15) is 5.82 Å². The van der Waals surface area contributed by atoms with Crippen molar-refractivity contribution in [3.05, 3.63) is 53.8 Å². The van der Waals surface area contributed by atoms with E-state index in [2.05, 4.69) is 20.1 Å². The molecule has 0 saturated carbocycles. The minimum atomic E-state index is -0.691. The van der Waals surface area contributed by atoms with E-state index in [1.165, 1.54) is 24.5 Å². The van der Waals surface area contributed by atoms with Crippen molar-refractivity contribution in [3.63, 3.8) is 0 Å². The van der Waals surface area contributed by atoms with E-state index >= 15 is 0 Å². The highest BCUT2D eigenvalue weighted by atomic mass is 19.1. The van der Waals surface area contributed by atoms with Gasteiger partial charge in [-0.15, -0.1) is 0 Å². The first-order chi connectivity index (χ1) is 12.6. The van der Waals surface area contributed by atoms with Gasteiger partial charge in [0, 0.05) is 43.2 Å². The number of aromatic amines is 1. The standard InChI is InChI=1S/C17H15F2N5O2/c18-12-7-13(21-8-12)15-22-16(26-23-15)11-2-1-5-24(9-11)17(25)10-3-4-20-14(19)6-10/h3-4,6-8,11,21H,1-2,5,9H2/t11-/m0/s1. The van der Waals surface area contributed by atoms with E-state index in [1.807, 2.05) is 0 Å². The van der Waals surface area contributed by atoms with Crippen LogP contribution in [0, 0.1) is 11.8 Å². The average molecular weight is 359 g/mol. The van der Waals surface area contributed by atoms with Crippen molar-refractivity contribution in [2.45, 2.75) is 18.8 Å². The van der Waals surface area contributed by atoms with Crippen molar-refractivity contribution >= 4 is 5.91 Å². The van der Waals surface area contributed by atoms with Crippen molar-refractivity contribution in [3.8, 4) is 11.5 Å². The fourth-order valence-electron chi connectivity index (χ4n) is 3.09. The lowest BCUT2D eigenvalue weighted by molar-refractivity contribution is 0.0695. The molecule has 1 atom stereocenters. The number of carbonyl (C=O) groups excluding carboxylic acids is 1. The Labute approximate surface area is 147 Å². The third-order valence-corrected chi connectivity index (χ3v) is 4.36. The molecule has 1 N–H and O–H groups in total. The third-order valence-electron chi connectivity index (χ3n) is 4.36. The number of hydrogen-bond donors (Lipinski definition) is 1. The largest absolute Gasteiger partial charge is 0.356 e. The number of amides is 1. The van der Waals surface area contributed by atoms with Gasteiger partial charge in [-0.3, -0.25) is 4.79 Å². The number of halogens is 2. The summed E-state index contributed by atoms with van der Waals surface area (Å²) < 4.78 is 31.7. The first-order valence-electron chi connectivity index (χ1n) is 8.19. The van der Waals surface area contributed by atoms with Crippen LogP contribution in [0.4, 0.5) is 8.78 Å². The number of pyridine rings is 1. The molecule has 0 aromatic carbocycles. The second-order valence-electron chi connectivity index (χ2n) is 6.15. The van der Waals surface area contributed by atoms with E-state index in [9.17, 15) is 13.6 Å². The predicted molar refractivity (Wildman–Crippen MR) is 86.1 cm³/mol. The molecular formula is C17H15F2N5O2. The molecule has 1 aliphatic heterocycles. The molecule has 4 rings (SSSR count). The van der Waals surface area contributed by atoms with E-state index < -0.39 is 11.8 Å². The first-order valence-corrected chi connectivity index (χ1v) is 8.19. The maximum absolute atomic E-state index is 13.3. The van der Waals surface area contributed by atoms with E-state index in [0.29, 0.717) is 24.7 Å². The Kier molecular flexibility index (Phi) is 4.19. The summed E-state index contributed by atoms with van der Waals surface area (Å²) in [5.41, 5.74) is 0.680. The molecule has 1 fully saturated rings. The lowest BCUT2D eigenvalue weighted by atomic mass is 9.97. The summed E-state index contributed by atoms with van der Waals surface area (Å²) >= 11 is 0. The Morgan fingerprint density at radius 1 is 1.35 bits per heavy atom. The van der Waals surface area contributed by atoms with Crippen LogP contribution in [0.5, 0.6) is 0 Å². The van der Waals surface area contributed by atoms with E-state index in [4.69, 9.17) is 4.52 Å². The van der Waals surface area contributed by atoms with Crippen LogP contribution in [0.3, 0.4) is 0 Å². The molecule has 134 valence electrons. The van der Waals surface area contributed by atoms with Crippen LogP contribution in [-0.4, -0.2) is 44.0 Å². The number of H-pyrrole nitrogens is 1. The van der Waals surface area contributed by atoms with E-state index in [0.717, 1.165) is 18.9 Å². The maximum atomic E-state index is 13.3. The highest BCUT2D eigenvalue weighted by molar-refractivity contribution is 5.94. The van der Waals surface area contributed by atoms with Gasteiger partial charge < -0.3 is 14.4 Å². The molecule has 9 heteroatoms. The molecule has 1 aliphatic rings. The highest BCUT2D eigenvalue weighted by Gasteiger charge is 2.29. The Hall–Kier alpha value is -3.10. The number of aromatic nitrogens is 4. The summed E-state index contributed by atoms with van der Waals surface area (Å²) in [6, 6.07) is 3.89. The van der Waals surface area contributed by atoms with Gasteiger partial charge in [0.05, 0.1) is 11.6 Å². The van der Waals surface area contributed by atoms with Crippen LogP contribution < -0.4 is 0 Å². The monoisotopic (exact) mass is 359 g/mol. The second-order valence-corrected chi connectivity index (χ2v) is 6.15. The normalized spacial score (nSPS) is 17.5. The molecular weight excluding hydrogens is 344 g/mol. The number of likely N-dealkylation sites (tertiary alicyclic amines) is 1. The number of nitrogens with one attached hydrogen (secondary N) is 1. The lowest BCUT2D eigenvalue weighted by Crippen LogP contribution is -2.39. The smallest absolute Gasteiger partial charge is 0.254 e. The minimum Gasteiger partial charge on any atom is -0.356 e. The minimum absolute atomic E-state index is 0.125. The zero-order valence-electron chi connectivity index (χ0n) is 13.7. The number of hydrogen-bond acceptors (Lipinski definition) is 5. The molecule has 26 heavy (non-hydrogen) atoms. The molecule has 7 nitrogen and oxygen atoms in total. The van der Waals surface area contributed by atoms with Crippen molar-refractivity contribution < 1.29 is 18.1 Å². The molecule has 1 saturated heterocycles. The van der Waals surface area contributed by atoms with E-state index in [-0.39, 0.29) is 23.2 Å². The Balaban J connectivity index is 1.50. The number of piperidine rings is 1. The number of rotatable bonds is 3. The second kappa shape index (κ2) is 6.66. The van der Waals surface area contributed by atoms with Gasteiger partial charge in [-0.1, -0.05) is 5.16 Å². The average Bonchev–Trinajstić information content (AvgIpc) is 3.30. The quantitative estimate of drug-likeness (QED) is 0.727. The van der Waals surface area contributed by atoms with Crippen LogP contribution in [-0.2, 0) is 0 Å². The fourth-order valence-corrected chi connectivity index (χ4v) is 3.09. The van der Waals surface area contributed by atoms with Gasteiger partial charge in [-0.25, -0.2) is 9.37 Å². The summed E-state index contributed by atoms with van der Waals surface area (Å²) in [6.45, 7) is 0.964. The summed E-state index contributed by atoms with van der Waals surface area (Å²) in [6.07, 6.45) is 4.03. The van der Waals surface area contributed by atoms with Crippen LogP contribution in [0.25, 0.3) is 11.5 Å². The molecule has 0 aliphatic carbocycles. The number of carbonyl (C=O) groups is 1. The molecule has 0 bridgehead atoms. The summed E-state index contributed by atoms with van der Waals surface area (Å²) in [5.74, 6) is -0.825. The maximum Gasteiger partial charge on any atom is 0.254 e. The molecule has 0 radical (unpaired) electrons. The SMILES string of the molecule is O=C(c1ccnc(F)c1)N1CCC[C@H](c2nc(-c3cc(F)c[nH]3)no2)C1. The molecule has 0 unspecified atom stereocenters. The van der Waals surface area contributed by atoms with Crippen molar-refractivity contribution in [2.75, 3.05) is 13.1 Å². The molecule has 3 aromatic heterocycles. The topological polar surface area (TPSA) is 87.9 Å². The first kappa shape index (κ1) is 16.4. The zero-order valence-corrected chi connectivity index (χ0v) is 13.7. The molecule has 0 spiro atoms. The fraction of sp³-hybridized carbons (Fsp3) is 0.294. The Morgan fingerprint density at radius 3 is 3.00 bits per heavy atom. The molecule has 1 amide bonds. The van der Waals surface area contributed by atoms with Crippen LogP contribution in [0.2, 0.25) is 0 Å². The summed E-state index contributed by atoms with van der Waals surface area (Å²) in [7, 11) is 0. The Morgan fingerprint density at radius 2 is 2.23 bits per heavy atom. The van der Waals surface area contributed by atoms with E-state index in [1.54, 1.807) is 4.90 Å². The van der Waals surface area contributed by atoms with Crippen LogP contribution >= 0.6 is 0 Å². The van der Waals surface area contributed by atoms with Crippen molar-refractivity contribution in [2.24, 2.45) is 0 Å². The predicted octanol–water partition coefficient (Wildman–Crippen LogP) is 2.76. The van der Waals surface area contributed by atoms with Gasteiger partial charge in [-0.2, -0.15) is 9.37 Å². The molecule has 3 aromatic rings. The zero-order chi connectivity index (χ0) is 18.1. The van der Waals surface area contributed by atoms with Crippen LogP contribution in [0.1, 0.15) is 35.0 Å². The van der Waals surface area contributed by atoms with Gasteiger partial charge >= 0.3 is 0 Å². The van der Waals surface area contributed by atoms with Crippen LogP contribution in [0.15, 0.2) is 35.1 Å². The van der Waals surface area contributed by atoms with Gasteiger partial charge in [0.15, 0.2) is 0 Å². The van der Waals surface area contributed by atoms with Gasteiger partial charge in [0.2, 0.25) is 17.7 Å². The number of nitrogens with zero attached hydrogens (tertiary/aromatic N) is 4. The van der Waals surface area contributed by atoms with Crippen molar-refractivity contribution in [1.82, 2.24) is 25.0 Å². The lowest BCUT2D eigenvalue weighted by Gasteiger charge is -2.31. The summed E-state index contributed by atoms with van der Waals surface area (Å²) in [4.78, 5) is 24.7.